The van der Waals surface area contributed by atoms with E-state index < -0.39 is 11.2 Å². The molecule has 0 aliphatic carbocycles. The first-order valence-electron chi connectivity index (χ1n) is 8.84. The van der Waals surface area contributed by atoms with Gasteiger partial charge in [-0.25, -0.2) is 4.79 Å². The molecular weight excluding hydrogens is 322 g/mol. The summed E-state index contributed by atoms with van der Waals surface area (Å²) >= 11 is 0. The summed E-state index contributed by atoms with van der Waals surface area (Å²) in [7, 11) is 1.88. The van der Waals surface area contributed by atoms with Gasteiger partial charge in [0.2, 0.25) is 0 Å². The van der Waals surface area contributed by atoms with Crippen LogP contribution < -0.4 is 0 Å². The summed E-state index contributed by atoms with van der Waals surface area (Å²) in [5.74, 6) is 0. The maximum atomic E-state index is 12.7. The number of carbonyl (C=O) groups excluding carboxylic acids is 1. The van der Waals surface area contributed by atoms with Crippen molar-refractivity contribution in [3.63, 3.8) is 0 Å². The van der Waals surface area contributed by atoms with Crippen LogP contribution in [-0.2, 0) is 22.1 Å². The predicted molar refractivity (Wildman–Crippen MR) is 92.3 cm³/mol. The Morgan fingerprint density at radius 2 is 1.84 bits per heavy atom. The number of rotatable bonds is 1. The lowest BCUT2D eigenvalue weighted by Gasteiger charge is -2.51. The van der Waals surface area contributed by atoms with Crippen molar-refractivity contribution in [1.29, 1.82) is 0 Å². The Bertz CT molecular complexity index is 663. The lowest BCUT2D eigenvalue weighted by molar-refractivity contribution is -0.141. The van der Waals surface area contributed by atoms with E-state index in [2.05, 4.69) is 5.10 Å². The van der Waals surface area contributed by atoms with Gasteiger partial charge in [0.1, 0.15) is 5.60 Å². The number of fused-ring (bicyclic) bond motifs is 2. The molecule has 2 aliphatic rings. The fourth-order valence-electron chi connectivity index (χ4n) is 4.24. The second kappa shape index (κ2) is 5.99. The Morgan fingerprint density at radius 3 is 2.28 bits per heavy atom. The summed E-state index contributed by atoms with van der Waals surface area (Å²) in [5.41, 5.74) is 1.14. The minimum absolute atomic E-state index is 0.202. The summed E-state index contributed by atoms with van der Waals surface area (Å²) < 4.78 is 13.0. The van der Waals surface area contributed by atoms with Crippen molar-refractivity contribution in [1.82, 2.24) is 14.7 Å². The number of aliphatic hydroxyl groups is 1. The van der Waals surface area contributed by atoms with Crippen molar-refractivity contribution in [2.75, 3.05) is 13.2 Å². The Labute approximate surface area is 148 Å². The van der Waals surface area contributed by atoms with Gasteiger partial charge in [0.25, 0.3) is 0 Å². The second-order valence-corrected chi connectivity index (χ2v) is 8.34. The van der Waals surface area contributed by atoms with Gasteiger partial charge in [-0.3, -0.25) is 9.58 Å². The fourth-order valence-corrected chi connectivity index (χ4v) is 4.24. The Hall–Kier alpha value is -1.60. The highest BCUT2D eigenvalue weighted by Crippen LogP contribution is 2.43. The third-order valence-corrected chi connectivity index (χ3v) is 5.13. The van der Waals surface area contributed by atoms with Crippen LogP contribution in [0.1, 0.15) is 50.6 Å². The molecule has 2 saturated heterocycles. The van der Waals surface area contributed by atoms with Crippen LogP contribution in [-0.4, -0.2) is 56.8 Å². The van der Waals surface area contributed by atoms with Crippen molar-refractivity contribution in [2.24, 2.45) is 7.05 Å². The van der Waals surface area contributed by atoms with Crippen LogP contribution in [0, 0.1) is 13.8 Å². The quantitative estimate of drug-likeness (QED) is 0.838. The van der Waals surface area contributed by atoms with Crippen LogP contribution in [0.3, 0.4) is 0 Å². The summed E-state index contributed by atoms with van der Waals surface area (Å²) in [6, 6.07) is -0.405. The number of ether oxygens (including phenoxy) is 2. The van der Waals surface area contributed by atoms with E-state index in [0.717, 1.165) is 17.0 Å². The number of amides is 1. The van der Waals surface area contributed by atoms with Crippen molar-refractivity contribution in [3.05, 3.63) is 17.0 Å². The smallest absolute Gasteiger partial charge is 0.410 e. The highest BCUT2D eigenvalue weighted by Gasteiger charge is 2.51. The predicted octanol–water partition coefficient (Wildman–Crippen LogP) is 2.02. The van der Waals surface area contributed by atoms with Gasteiger partial charge in [0, 0.05) is 31.1 Å². The zero-order valence-electron chi connectivity index (χ0n) is 16.0. The monoisotopic (exact) mass is 351 g/mol. The summed E-state index contributed by atoms with van der Waals surface area (Å²) in [6.45, 7) is 10.3. The molecule has 140 valence electrons. The van der Waals surface area contributed by atoms with Gasteiger partial charge < -0.3 is 14.6 Å². The van der Waals surface area contributed by atoms with E-state index in [0.29, 0.717) is 26.1 Å². The van der Waals surface area contributed by atoms with Crippen LogP contribution in [0.5, 0.6) is 0 Å². The second-order valence-electron chi connectivity index (χ2n) is 8.34. The molecule has 3 rings (SSSR count). The van der Waals surface area contributed by atoms with Gasteiger partial charge in [-0.05, 0) is 34.6 Å². The molecule has 3 heterocycles. The van der Waals surface area contributed by atoms with Crippen molar-refractivity contribution in [3.8, 4) is 0 Å². The Morgan fingerprint density at radius 1 is 1.28 bits per heavy atom. The molecule has 2 unspecified atom stereocenters. The average Bonchev–Trinajstić information content (AvgIpc) is 2.69. The molecule has 1 aromatic heterocycles. The molecule has 7 heteroatoms. The first-order chi connectivity index (χ1) is 11.5. The van der Waals surface area contributed by atoms with Crippen molar-refractivity contribution >= 4 is 6.09 Å². The van der Waals surface area contributed by atoms with E-state index in [1.165, 1.54) is 0 Å². The van der Waals surface area contributed by atoms with E-state index in [-0.39, 0.29) is 18.2 Å². The molecule has 25 heavy (non-hydrogen) atoms. The number of piperidine rings is 1. The lowest BCUT2D eigenvalue weighted by Crippen LogP contribution is -2.63. The van der Waals surface area contributed by atoms with Crippen LogP contribution in [0.15, 0.2) is 0 Å². The van der Waals surface area contributed by atoms with E-state index in [9.17, 15) is 9.90 Å². The highest BCUT2D eigenvalue weighted by molar-refractivity contribution is 5.69. The lowest BCUT2D eigenvalue weighted by atomic mass is 9.76. The van der Waals surface area contributed by atoms with Gasteiger partial charge in [0.05, 0.1) is 36.6 Å². The van der Waals surface area contributed by atoms with Gasteiger partial charge in [0.15, 0.2) is 0 Å². The molecule has 7 nitrogen and oxygen atoms in total. The number of nitrogens with zero attached hydrogens (tertiary/aromatic N) is 3. The summed E-state index contributed by atoms with van der Waals surface area (Å²) in [6.07, 6.45) is 0.527. The topological polar surface area (TPSA) is 76.8 Å². The van der Waals surface area contributed by atoms with E-state index in [1.54, 1.807) is 9.58 Å². The van der Waals surface area contributed by atoms with Crippen LogP contribution >= 0.6 is 0 Å². The van der Waals surface area contributed by atoms with E-state index in [1.807, 2.05) is 41.7 Å². The third-order valence-electron chi connectivity index (χ3n) is 5.13. The van der Waals surface area contributed by atoms with E-state index in [4.69, 9.17) is 9.47 Å². The molecule has 0 saturated carbocycles. The normalized spacial score (nSPS) is 29.6. The molecule has 2 bridgehead atoms. The molecule has 2 atom stereocenters. The highest BCUT2D eigenvalue weighted by atomic mass is 16.6. The molecule has 0 radical (unpaired) electrons. The van der Waals surface area contributed by atoms with Gasteiger partial charge in [-0.15, -0.1) is 0 Å². The molecule has 2 fully saturated rings. The molecule has 1 aromatic rings. The van der Waals surface area contributed by atoms with Crippen LogP contribution in [0.2, 0.25) is 0 Å². The van der Waals surface area contributed by atoms with Crippen LogP contribution in [0.25, 0.3) is 0 Å². The number of aryl methyl sites for hydroxylation is 2. The minimum Gasteiger partial charge on any atom is -0.444 e. The number of hydrogen-bond acceptors (Lipinski definition) is 5. The van der Waals surface area contributed by atoms with Gasteiger partial charge in [-0.1, -0.05) is 0 Å². The number of aromatic nitrogens is 2. The van der Waals surface area contributed by atoms with Crippen molar-refractivity contribution in [2.45, 2.75) is 70.7 Å². The molecule has 1 N–H and O–H groups in total. The van der Waals surface area contributed by atoms with Gasteiger partial charge in [-0.2, -0.15) is 5.10 Å². The SMILES string of the molecule is Cc1nn(C)c(C)c1C1(O)CC2COCC(C1)N2C(=O)OC(C)(C)C. The zero-order valence-corrected chi connectivity index (χ0v) is 16.0. The van der Waals surface area contributed by atoms with E-state index >= 15 is 0 Å². The first-order valence-corrected chi connectivity index (χ1v) is 8.84. The van der Waals surface area contributed by atoms with Crippen LogP contribution in [0.4, 0.5) is 4.79 Å². The molecule has 0 spiro atoms. The first kappa shape index (κ1) is 18.2. The number of hydrogen-bond donors (Lipinski definition) is 1. The zero-order chi connectivity index (χ0) is 18.6. The third kappa shape index (κ3) is 3.27. The minimum atomic E-state index is -1.000. The molecule has 2 aliphatic heterocycles. The standard InChI is InChI=1S/C18H29N3O4/c1-11-15(12(2)20(6)19-11)18(23)7-13-9-24-10-14(8-18)21(13)16(22)25-17(3,4)5/h13-14,23H,7-10H2,1-6H3. The molecular formula is C18H29N3O4. The Kier molecular flexibility index (Phi) is 4.36. The van der Waals surface area contributed by atoms with Gasteiger partial charge >= 0.3 is 6.09 Å². The molecule has 0 aromatic carbocycles. The fraction of sp³-hybridized carbons (Fsp3) is 0.778. The molecule has 1 amide bonds. The average molecular weight is 351 g/mol. The summed E-state index contributed by atoms with van der Waals surface area (Å²) in [5, 5.41) is 15.9. The maximum absolute atomic E-state index is 12.7. The maximum Gasteiger partial charge on any atom is 0.410 e. The largest absolute Gasteiger partial charge is 0.444 e. The summed E-state index contributed by atoms with van der Waals surface area (Å²) in [4.78, 5) is 14.4. The Balaban J connectivity index is 1.89. The number of morpholine rings is 1. The van der Waals surface area contributed by atoms with Crippen molar-refractivity contribution < 1.29 is 19.4 Å². The number of carbonyl (C=O) groups is 1.